The van der Waals surface area contributed by atoms with E-state index in [0.29, 0.717) is 16.8 Å². The Bertz CT molecular complexity index is 1220. The van der Waals surface area contributed by atoms with E-state index in [0.717, 1.165) is 11.1 Å². The molecule has 0 saturated carbocycles. The standard InChI is InChI=1S/C25H28N2O3S/c1-16-9-13-22(14-10-16)31(29,30)27-24-8-6-7-23(19(24)4)25(28)26-20(5)21-12-11-17(2)18(3)15-21/h6-15,20,27H,1-5H3,(H,26,28). The molecule has 0 bridgehead atoms. The second-order valence-electron chi connectivity index (χ2n) is 7.94. The summed E-state index contributed by atoms with van der Waals surface area (Å²) in [7, 11) is -3.75. The molecule has 3 rings (SSSR count). The molecule has 1 amide bonds. The van der Waals surface area contributed by atoms with Gasteiger partial charge in [-0.25, -0.2) is 8.42 Å². The highest BCUT2D eigenvalue weighted by molar-refractivity contribution is 7.92. The van der Waals surface area contributed by atoms with Gasteiger partial charge >= 0.3 is 0 Å². The number of anilines is 1. The van der Waals surface area contributed by atoms with E-state index in [4.69, 9.17) is 0 Å². The van der Waals surface area contributed by atoms with Crippen molar-refractivity contribution in [2.45, 2.75) is 45.6 Å². The Kier molecular flexibility index (Phi) is 6.51. The second-order valence-corrected chi connectivity index (χ2v) is 9.62. The highest BCUT2D eigenvalue weighted by Crippen LogP contribution is 2.24. The molecule has 0 aromatic heterocycles. The van der Waals surface area contributed by atoms with E-state index in [1.54, 1.807) is 49.4 Å². The third kappa shape index (κ3) is 5.14. The van der Waals surface area contributed by atoms with Crippen molar-refractivity contribution in [3.05, 3.63) is 94.0 Å². The van der Waals surface area contributed by atoms with Gasteiger partial charge in [0.05, 0.1) is 16.6 Å². The summed E-state index contributed by atoms with van der Waals surface area (Å²) in [6.45, 7) is 9.66. The molecule has 1 unspecified atom stereocenters. The fraction of sp³-hybridized carbons (Fsp3) is 0.240. The molecule has 0 aliphatic heterocycles. The minimum Gasteiger partial charge on any atom is -0.346 e. The van der Waals surface area contributed by atoms with Gasteiger partial charge in [0.1, 0.15) is 0 Å². The van der Waals surface area contributed by atoms with Crippen molar-refractivity contribution in [2.75, 3.05) is 4.72 Å². The number of sulfonamides is 1. The van der Waals surface area contributed by atoms with Crippen LogP contribution in [-0.4, -0.2) is 14.3 Å². The molecule has 3 aromatic rings. The lowest BCUT2D eigenvalue weighted by atomic mass is 10.0. The zero-order valence-electron chi connectivity index (χ0n) is 18.5. The van der Waals surface area contributed by atoms with Crippen LogP contribution in [0.25, 0.3) is 0 Å². The van der Waals surface area contributed by atoms with Crippen molar-refractivity contribution in [3.63, 3.8) is 0 Å². The van der Waals surface area contributed by atoms with Crippen LogP contribution >= 0.6 is 0 Å². The molecule has 3 aromatic carbocycles. The molecule has 0 radical (unpaired) electrons. The third-order valence-electron chi connectivity index (χ3n) is 5.53. The molecule has 0 fully saturated rings. The molecule has 162 valence electrons. The summed E-state index contributed by atoms with van der Waals surface area (Å²) in [5, 5.41) is 3.01. The molecule has 31 heavy (non-hydrogen) atoms. The van der Waals surface area contributed by atoms with Crippen molar-refractivity contribution in [1.82, 2.24) is 5.32 Å². The number of aryl methyl sites for hydroxylation is 3. The van der Waals surface area contributed by atoms with E-state index >= 15 is 0 Å². The lowest BCUT2D eigenvalue weighted by Crippen LogP contribution is -2.27. The Hall–Kier alpha value is -3.12. The molecular weight excluding hydrogens is 408 g/mol. The number of carbonyl (C=O) groups excluding carboxylic acids is 1. The summed E-state index contributed by atoms with van der Waals surface area (Å²) in [4.78, 5) is 13.1. The van der Waals surface area contributed by atoms with Gasteiger partial charge in [0.25, 0.3) is 15.9 Å². The lowest BCUT2D eigenvalue weighted by Gasteiger charge is -2.18. The van der Waals surface area contributed by atoms with Crippen molar-refractivity contribution in [2.24, 2.45) is 0 Å². The summed E-state index contributed by atoms with van der Waals surface area (Å²) in [5.74, 6) is -0.250. The van der Waals surface area contributed by atoms with E-state index in [9.17, 15) is 13.2 Å². The first-order valence-corrected chi connectivity index (χ1v) is 11.6. The average molecular weight is 437 g/mol. The molecule has 1 atom stereocenters. The first-order chi connectivity index (χ1) is 14.6. The van der Waals surface area contributed by atoms with E-state index in [1.165, 1.54) is 11.1 Å². The Balaban J connectivity index is 1.81. The van der Waals surface area contributed by atoms with Gasteiger partial charge in [-0.1, -0.05) is 42.0 Å². The van der Waals surface area contributed by atoms with Gasteiger partial charge in [0.15, 0.2) is 0 Å². The first-order valence-electron chi connectivity index (χ1n) is 10.2. The molecular formula is C25H28N2O3S. The largest absolute Gasteiger partial charge is 0.346 e. The van der Waals surface area contributed by atoms with Crippen LogP contribution in [0.15, 0.2) is 65.6 Å². The molecule has 6 heteroatoms. The monoisotopic (exact) mass is 436 g/mol. The van der Waals surface area contributed by atoms with Gasteiger partial charge in [0, 0.05) is 5.56 Å². The zero-order chi connectivity index (χ0) is 22.8. The Labute approximate surface area is 184 Å². The third-order valence-corrected chi connectivity index (χ3v) is 6.91. The van der Waals surface area contributed by atoms with Crippen LogP contribution in [0.4, 0.5) is 5.69 Å². The van der Waals surface area contributed by atoms with Crippen LogP contribution in [0.5, 0.6) is 0 Å². The van der Waals surface area contributed by atoms with Crippen LogP contribution < -0.4 is 10.0 Å². The van der Waals surface area contributed by atoms with E-state index in [2.05, 4.69) is 23.0 Å². The van der Waals surface area contributed by atoms with Crippen molar-refractivity contribution < 1.29 is 13.2 Å². The molecule has 0 spiro atoms. The van der Waals surface area contributed by atoms with Gasteiger partial charge in [-0.2, -0.15) is 0 Å². The van der Waals surface area contributed by atoms with Gasteiger partial charge in [0.2, 0.25) is 0 Å². The normalized spacial score (nSPS) is 12.3. The maximum absolute atomic E-state index is 12.9. The Morgan fingerprint density at radius 1 is 0.871 bits per heavy atom. The van der Waals surface area contributed by atoms with Gasteiger partial charge in [-0.05, 0) is 81.1 Å². The predicted molar refractivity (Wildman–Crippen MR) is 125 cm³/mol. The van der Waals surface area contributed by atoms with Crippen molar-refractivity contribution in [3.8, 4) is 0 Å². The maximum atomic E-state index is 12.9. The molecule has 0 aliphatic rings. The second kappa shape index (κ2) is 8.94. The van der Waals surface area contributed by atoms with Crippen LogP contribution in [-0.2, 0) is 10.0 Å². The van der Waals surface area contributed by atoms with Gasteiger partial charge in [-0.15, -0.1) is 0 Å². The summed E-state index contributed by atoms with van der Waals surface area (Å²) in [6.07, 6.45) is 0. The fourth-order valence-corrected chi connectivity index (χ4v) is 4.43. The van der Waals surface area contributed by atoms with E-state index in [-0.39, 0.29) is 16.8 Å². The average Bonchev–Trinajstić information content (AvgIpc) is 2.71. The quantitative estimate of drug-likeness (QED) is 0.557. The highest BCUT2D eigenvalue weighted by atomic mass is 32.2. The summed E-state index contributed by atoms with van der Waals surface area (Å²) in [5.41, 5.74) is 5.75. The highest BCUT2D eigenvalue weighted by Gasteiger charge is 2.19. The topological polar surface area (TPSA) is 75.3 Å². The van der Waals surface area contributed by atoms with Crippen molar-refractivity contribution in [1.29, 1.82) is 0 Å². The van der Waals surface area contributed by atoms with Gasteiger partial charge in [-0.3, -0.25) is 9.52 Å². The minimum atomic E-state index is -3.75. The Morgan fingerprint density at radius 3 is 2.19 bits per heavy atom. The summed E-state index contributed by atoms with van der Waals surface area (Å²) >= 11 is 0. The van der Waals surface area contributed by atoms with Crippen LogP contribution in [0, 0.1) is 27.7 Å². The summed E-state index contributed by atoms with van der Waals surface area (Å²) < 4.78 is 28.1. The van der Waals surface area contributed by atoms with E-state index in [1.807, 2.05) is 32.9 Å². The zero-order valence-corrected chi connectivity index (χ0v) is 19.3. The van der Waals surface area contributed by atoms with Gasteiger partial charge < -0.3 is 5.32 Å². The number of nitrogens with one attached hydrogen (secondary N) is 2. The summed E-state index contributed by atoms with van der Waals surface area (Å²) in [6, 6.07) is 17.6. The molecule has 2 N–H and O–H groups in total. The number of rotatable bonds is 6. The van der Waals surface area contributed by atoms with Crippen molar-refractivity contribution >= 4 is 21.6 Å². The number of hydrogen-bond donors (Lipinski definition) is 2. The predicted octanol–water partition coefficient (Wildman–Crippen LogP) is 5.21. The van der Waals surface area contributed by atoms with Crippen LogP contribution in [0.3, 0.4) is 0 Å². The minimum absolute atomic E-state index is 0.177. The number of benzene rings is 3. The first kappa shape index (κ1) is 22.6. The molecule has 5 nitrogen and oxygen atoms in total. The lowest BCUT2D eigenvalue weighted by molar-refractivity contribution is 0.0939. The van der Waals surface area contributed by atoms with Crippen LogP contribution in [0.1, 0.15) is 51.1 Å². The van der Waals surface area contributed by atoms with Crippen LogP contribution in [0.2, 0.25) is 0 Å². The SMILES string of the molecule is Cc1ccc(S(=O)(=O)Nc2cccc(C(=O)NC(C)c3ccc(C)c(C)c3)c2C)cc1. The smallest absolute Gasteiger partial charge is 0.261 e. The fourth-order valence-electron chi connectivity index (χ4n) is 3.30. The molecule has 0 aliphatic carbocycles. The molecule has 0 heterocycles. The maximum Gasteiger partial charge on any atom is 0.261 e. The number of hydrogen-bond acceptors (Lipinski definition) is 3. The number of amides is 1. The van der Waals surface area contributed by atoms with E-state index < -0.39 is 10.0 Å². The Morgan fingerprint density at radius 2 is 1.55 bits per heavy atom. The number of carbonyl (C=O) groups is 1. The molecule has 0 saturated heterocycles.